The van der Waals surface area contributed by atoms with E-state index in [1.807, 2.05) is 48.5 Å². The van der Waals surface area contributed by atoms with Gasteiger partial charge >= 0.3 is 18.2 Å². The van der Waals surface area contributed by atoms with Gasteiger partial charge in [-0.1, -0.05) is 55.1 Å². The molecule has 0 aliphatic heterocycles. The number of alkyl carbamates (subject to hydrolysis) is 1. The number of carboxylic acid groups (broad SMARTS) is 1. The monoisotopic (exact) mass is 450 g/mol. The minimum absolute atomic E-state index is 0.106. The number of carbonyl (C=O) groups is 2. The Labute approximate surface area is 181 Å². The first-order chi connectivity index (χ1) is 15.2. The molecule has 1 atom stereocenters. The molecule has 10 heteroatoms. The Morgan fingerprint density at radius 2 is 1.59 bits per heavy atom. The number of carbonyl (C=O) groups excluding carboxylic acids is 1. The molecule has 1 aliphatic rings. The number of rotatable bonds is 9. The minimum Gasteiger partial charge on any atom is -0.479 e. The molecule has 0 spiro atoms. The topological polar surface area (TPSA) is 96.9 Å². The van der Waals surface area contributed by atoms with Crippen LogP contribution in [0.4, 0.5) is 18.0 Å². The van der Waals surface area contributed by atoms with Gasteiger partial charge in [-0.2, -0.15) is 13.2 Å². The molecule has 0 radical (unpaired) electrons. The number of benzene rings is 2. The summed E-state index contributed by atoms with van der Waals surface area (Å²) < 4.78 is 47.2. The fourth-order valence-electron chi connectivity index (χ4n) is 3.42. The number of carboxylic acids is 1. The van der Waals surface area contributed by atoms with Crippen LogP contribution in [0.25, 0.3) is 11.1 Å². The van der Waals surface area contributed by atoms with Crippen LogP contribution >= 0.6 is 0 Å². The molecule has 2 aromatic rings. The molecule has 32 heavy (non-hydrogen) atoms. The van der Waals surface area contributed by atoms with Crippen LogP contribution in [0.15, 0.2) is 60.8 Å². The second kappa shape index (κ2) is 9.73. The van der Waals surface area contributed by atoms with Gasteiger partial charge in [0, 0.05) is 11.6 Å². The first kappa shape index (κ1) is 23.1. The summed E-state index contributed by atoms with van der Waals surface area (Å²) in [4.78, 5) is 22.7. The number of hydrogen-bond donors (Lipinski definition) is 3. The molecule has 0 fully saturated rings. The van der Waals surface area contributed by atoms with Crippen molar-refractivity contribution >= 4 is 12.1 Å². The van der Waals surface area contributed by atoms with Crippen LogP contribution < -0.4 is 10.6 Å². The van der Waals surface area contributed by atoms with Gasteiger partial charge in [-0.15, -0.1) is 0 Å². The molecule has 2 aromatic carbocycles. The zero-order valence-electron chi connectivity index (χ0n) is 16.8. The van der Waals surface area contributed by atoms with Gasteiger partial charge in [-0.3, -0.25) is 0 Å². The van der Waals surface area contributed by atoms with E-state index in [0.717, 1.165) is 22.3 Å². The van der Waals surface area contributed by atoms with Crippen LogP contribution in [0.5, 0.6) is 0 Å². The smallest absolute Gasteiger partial charge is 0.425 e. The van der Waals surface area contributed by atoms with Gasteiger partial charge < -0.3 is 25.2 Å². The molecule has 0 heterocycles. The van der Waals surface area contributed by atoms with E-state index >= 15 is 0 Å². The lowest BCUT2D eigenvalue weighted by atomic mass is 9.98. The van der Waals surface area contributed by atoms with Gasteiger partial charge in [0.05, 0.1) is 6.54 Å². The second-order valence-corrected chi connectivity index (χ2v) is 7.03. The minimum atomic E-state index is -5.05. The Kier molecular flexibility index (Phi) is 7.04. The van der Waals surface area contributed by atoms with Gasteiger partial charge in [0.15, 0.2) is 0 Å². The van der Waals surface area contributed by atoms with Crippen molar-refractivity contribution in [2.24, 2.45) is 0 Å². The molecule has 1 amide bonds. The molecule has 0 bridgehead atoms. The normalized spacial score (nSPS) is 13.6. The zero-order valence-corrected chi connectivity index (χ0v) is 16.8. The van der Waals surface area contributed by atoms with E-state index in [2.05, 4.69) is 21.9 Å². The Morgan fingerprint density at radius 1 is 1.03 bits per heavy atom. The maximum absolute atomic E-state index is 12.5. The molecule has 3 N–H and O–H groups in total. The lowest BCUT2D eigenvalue weighted by Gasteiger charge is -2.18. The highest BCUT2D eigenvalue weighted by atomic mass is 19.4. The summed E-state index contributed by atoms with van der Waals surface area (Å²) in [5, 5.41) is 13.3. The molecule has 7 nitrogen and oxygen atoms in total. The highest BCUT2D eigenvalue weighted by molar-refractivity contribution is 5.79. The summed E-state index contributed by atoms with van der Waals surface area (Å²) in [6.45, 7) is 2.75. The zero-order chi connectivity index (χ0) is 23.3. The lowest BCUT2D eigenvalue weighted by Crippen LogP contribution is -2.41. The number of ether oxygens (including phenoxy) is 2. The van der Waals surface area contributed by atoms with Crippen molar-refractivity contribution < 1.29 is 37.3 Å². The molecule has 1 unspecified atom stereocenters. The predicted octanol–water partition coefficient (Wildman–Crippen LogP) is 3.62. The predicted molar refractivity (Wildman–Crippen MR) is 109 cm³/mol. The molecule has 170 valence electrons. The number of halogens is 3. The van der Waals surface area contributed by atoms with Crippen molar-refractivity contribution in [1.29, 1.82) is 0 Å². The summed E-state index contributed by atoms with van der Waals surface area (Å²) in [5.74, 6) is -2.26. The molecule has 0 saturated carbocycles. The summed E-state index contributed by atoms with van der Waals surface area (Å²) >= 11 is 0. The lowest BCUT2D eigenvalue weighted by molar-refractivity contribution is -0.228. The van der Waals surface area contributed by atoms with E-state index in [-0.39, 0.29) is 24.8 Å². The Hall–Kier alpha value is -3.53. The van der Waals surface area contributed by atoms with E-state index < -0.39 is 31.1 Å². The number of aliphatic carboxylic acids is 1. The van der Waals surface area contributed by atoms with Crippen LogP contribution in [0, 0.1) is 0 Å². The Morgan fingerprint density at radius 3 is 2.12 bits per heavy atom. The molecule has 3 rings (SSSR count). The van der Waals surface area contributed by atoms with Crippen molar-refractivity contribution in [1.82, 2.24) is 10.6 Å². The first-order valence-electron chi connectivity index (χ1n) is 9.60. The van der Waals surface area contributed by atoms with Gasteiger partial charge in [0.25, 0.3) is 6.10 Å². The third-order valence-corrected chi connectivity index (χ3v) is 4.88. The van der Waals surface area contributed by atoms with Crippen molar-refractivity contribution in [2.75, 3.05) is 19.9 Å². The highest BCUT2D eigenvalue weighted by Crippen LogP contribution is 2.44. The molecule has 0 saturated heterocycles. The number of amides is 1. The van der Waals surface area contributed by atoms with Crippen molar-refractivity contribution in [3.63, 3.8) is 0 Å². The van der Waals surface area contributed by atoms with E-state index in [1.54, 1.807) is 0 Å². The molecular weight excluding hydrogens is 429 g/mol. The van der Waals surface area contributed by atoms with Crippen LogP contribution in [0.2, 0.25) is 0 Å². The maximum Gasteiger partial charge on any atom is 0.425 e. The number of fused-ring (bicyclic) bond motifs is 3. The highest BCUT2D eigenvalue weighted by Gasteiger charge is 2.46. The largest absolute Gasteiger partial charge is 0.479 e. The van der Waals surface area contributed by atoms with Crippen LogP contribution in [0.3, 0.4) is 0 Å². The van der Waals surface area contributed by atoms with E-state index in [9.17, 15) is 22.8 Å². The SMILES string of the molecule is C=C(CNC(=O)OCC1c2ccccc2-c2ccccc21)NCOC(C(=O)O)C(F)(F)F. The number of nitrogens with one attached hydrogen (secondary N) is 2. The van der Waals surface area contributed by atoms with E-state index in [0.29, 0.717) is 0 Å². The third-order valence-electron chi connectivity index (χ3n) is 4.88. The third kappa shape index (κ3) is 5.38. The van der Waals surface area contributed by atoms with Crippen LogP contribution in [-0.4, -0.2) is 49.3 Å². The van der Waals surface area contributed by atoms with E-state index in [1.165, 1.54) is 0 Å². The Balaban J connectivity index is 1.45. The van der Waals surface area contributed by atoms with Crippen LogP contribution in [0.1, 0.15) is 17.0 Å². The van der Waals surface area contributed by atoms with E-state index in [4.69, 9.17) is 9.84 Å². The quantitative estimate of drug-likeness (QED) is 0.505. The average Bonchev–Trinajstić information content (AvgIpc) is 3.06. The van der Waals surface area contributed by atoms with Gasteiger partial charge in [0.2, 0.25) is 0 Å². The maximum atomic E-state index is 12.5. The van der Waals surface area contributed by atoms with Gasteiger partial charge in [-0.05, 0) is 22.3 Å². The summed E-state index contributed by atoms with van der Waals surface area (Å²) in [6, 6.07) is 15.7. The number of alkyl halides is 3. The van der Waals surface area contributed by atoms with Gasteiger partial charge in [0.1, 0.15) is 13.3 Å². The summed E-state index contributed by atoms with van der Waals surface area (Å²) in [6.07, 6.45) is -8.73. The van der Waals surface area contributed by atoms with Crippen molar-refractivity contribution in [2.45, 2.75) is 18.2 Å². The average molecular weight is 450 g/mol. The molecule has 1 aliphatic carbocycles. The summed E-state index contributed by atoms with van der Waals surface area (Å²) in [7, 11) is 0. The van der Waals surface area contributed by atoms with Crippen molar-refractivity contribution in [3.05, 3.63) is 71.9 Å². The first-order valence-corrected chi connectivity index (χ1v) is 9.60. The number of hydrogen-bond acceptors (Lipinski definition) is 5. The summed E-state index contributed by atoms with van der Waals surface area (Å²) in [5.41, 5.74) is 4.41. The van der Waals surface area contributed by atoms with Gasteiger partial charge in [-0.25, -0.2) is 9.59 Å². The standard InChI is InChI=1S/C22H21F3N2O5/c1-13(27-12-32-19(20(28)29)22(23,24)25)10-26-21(30)31-11-18-16-8-4-2-6-14(16)15-7-3-5-9-17(15)18/h2-9,18-19,27H,1,10-12H2,(H,26,30)(H,28,29). The van der Waals surface area contributed by atoms with Crippen molar-refractivity contribution in [3.8, 4) is 11.1 Å². The molecule has 0 aromatic heterocycles. The van der Waals surface area contributed by atoms with Crippen LogP contribution in [-0.2, 0) is 14.3 Å². The fraction of sp³-hybridized carbons (Fsp3) is 0.273. The Bertz CT molecular complexity index is 964. The fourth-order valence-corrected chi connectivity index (χ4v) is 3.42. The second-order valence-electron chi connectivity index (χ2n) is 7.03. The molecular formula is C22H21F3N2O5.